The Morgan fingerprint density at radius 3 is 2.42 bits per heavy atom. The summed E-state index contributed by atoms with van der Waals surface area (Å²) in [6.07, 6.45) is -1.87. The molecule has 2 aromatic heterocycles. The highest BCUT2D eigenvalue weighted by atomic mass is 32.1. The van der Waals surface area contributed by atoms with Crippen LogP contribution in [0.1, 0.15) is 28.1 Å². The first kappa shape index (κ1) is 26.2. The van der Waals surface area contributed by atoms with Gasteiger partial charge in [0.15, 0.2) is 0 Å². The third-order valence-corrected chi connectivity index (χ3v) is 7.62. The van der Waals surface area contributed by atoms with Crippen molar-refractivity contribution in [2.24, 2.45) is 0 Å². The Morgan fingerprint density at radius 2 is 1.76 bits per heavy atom. The molecule has 0 spiro atoms. The van der Waals surface area contributed by atoms with Crippen LogP contribution >= 0.6 is 11.3 Å². The number of nitrogens with zero attached hydrogens (tertiary/aromatic N) is 4. The van der Waals surface area contributed by atoms with Crippen molar-refractivity contribution in [3.63, 3.8) is 0 Å². The van der Waals surface area contributed by atoms with Gasteiger partial charge >= 0.3 is 12.1 Å². The average Bonchev–Trinajstić information content (AvgIpc) is 3.38. The summed E-state index contributed by atoms with van der Waals surface area (Å²) in [7, 11) is 0. The van der Waals surface area contributed by atoms with Crippen molar-refractivity contribution >= 4 is 46.1 Å². The molecule has 1 aromatic carbocycles. The zero-order valence-electron chi connectivity index (χ0n) is 20.4. The zero-order chi connectivity index (χ0) is 26.7. The van der Waals surface area contributed by atoms with E-state index in [1.807, 2.05) is 24.3 Å². The smallest absolute Gasteiger partial charge is 0.421 e. The molecule has 0 bridgehead atoms. The largest absolute Gasteiger partial charge is 0.477 e. The molecule has 0 saturated carbocycles. The number of aromatic carboxylic acids is 1. The lowest BCUT2D eigenvalue weighted by atomic mass is 10.0. The standard InChI is InChI=1S/C25H27F3N6O3S/c26-25(27,28)19-15-29-24(32-22(19)31-20-7-14-38-21(20)23(35)36)30-16-1-3-17(4-2-16)33-8-5-18(6-9-33)34-10-12-37-13-11-34/h1-4,7,14-15,18H,5-6,8-13H2,(H,35,36)(H2,29,30,31,32). The quantitative estimate of drug-likeness (QED) is 0.375. The van der Waals surface area contributed by atoms with Gasteiger partial charge in [-0.1, -0.05) is 0 Å². The Balaban J connectivity index is 1.26. The van der Waals surface area contributed by atoms with Crippen molar-refractivity contribution in [2.75, 3.05) is 54.9 Å². The molecule has 5 rings (SSSR count). The molecule has 2 saturated heterocycles. The van der Waals surface area contributed by atoms with Gasteiger partial charge in [0.1, 0.15) is 16.3 Å². The van der Waals surface area contributed by atoms with Gasteiger partial charge in [-0.2, -0.15) is 18.2 Å². The molecule has 4 heterocycles. The molecule has 2 aliphatic heterocycles. The Morgan fingerprint density at radius 1 is 1.05 bits per heavy atom. The van der Waals surface area contributed by atoms with Crippen LogP contribution in [0.2, 0.25) is 0 Å². The van der Waals surface area contributed by atoms with Gasteiger partial charge in [0, 0.05) is 49.8 Å². The average molecular weight is 549 g/mol. The number of carboxylic acid groups (broad SMARTS) is 1. The summed E-state index contributed by atoms with van der Waals surface area (Å²) >= 11 is 0.904. The Kier molecular flexibility index (Phi) is 7.68. The van der Waals surface area contributed by atoms with Gasteiger partial charge in [0.25, 0.3) is 0 Å². The lowest BCUT2D eigenvalue weighted by Crippen LogP contribution is -2.49. The fourth-order valence-corrected chi connectivity index (χ4v) is 5.45. The van der Waals surface area contributed by atoms with Crippen LogP contribution in [-0.4, -0.2) is 71.4 Å². The first-order valence-electron chi connectivity index (χ1n) is 12.2. The monoisotopic (exact) mass is 548 g/mol. The van der Waals surface area contributed by atoms with E-state index in [-0.39, 0.29) is 16.5 Å². The predicted octanol–water partition coefficient (Wildman–Crippen LogP) is 5.04. The van der Waals surface area contributed by atoms with Crippen LogP contribution in [0.15, 0.2) is 41.9 Å². The van der Waals surface area contributed by atoms with Gasteiger partial charge in [0.05, 0.1) is 18.9 Å². The van der Waals surface area contributed by atoms with E-state index in [2.05, 4.69) is 30.4 Å². The van der Waals surface area contributed by atoms with Crippen LogP contribution < -0.4 is 15.5 Å². The fourth-order valence-electron chi connectivity index (χ4n) is 4.76. The van der Waals surface area contributed by atoms with Gasteiger partial charge in [-0.15, -0.1) is 11.3 Å². The summed E-state index contributed by atoms with van der Waals surface area (Å²) < 4.78 is 46.2. The molecule has 0 radical (unpaired) electrons. The van der Waals surface area contributed by atoms with Crippen molar-refractivity contribution in [3.05, 3.63) is 52.3 Å². The van der Waals surface area contributed by atoms with Crippen molar-refractivity contribution in [1.82, 2.24) is 14.9 Å². The van der Waals surface area contributed by atoms with E-state index in [4.69, 9.17) is 4.74 Å². The number of carboxylic acids is 1. The third-order valence-electron chi connectivity index (χ3n) is 6.72. The molecule has 2 aliphatic rings. The van der Waals surface area contributed by atoms with Crippen LogP contribution in [0.3, 0.4) is 0 Å². The number of anilines is 5. The zero-order valence-corrected chi connectivity index (χ0v) is 21.2. The number of alkyl halides is 3. The molecule has 3 aromatic rings. The molecule has 3 N–H and O–H groups in total. The second kappa shape index (κ2) is 11.1. The number of halogens is 3. The number of aromatic nitrogens is 2. The van der Waals surface area contributed by atoms with Gasteiger partial charge in [-0.25, -0.2) is 9.78 Å². The van der Waals surface area contributed by atoms with Gasteiger partial charge in [-0.3, -0.25) is 4.90 Å². The lowest BCUT2D eigenvalue weighted by Gasteiger charge is -2.40. The summed E-state index contributed by atoms with van der Waals surface area (Å²) in [5.74, 6) is -1.82. The molecule has 38 heavy (non-hydrogen) atoms. The van der Waals surface area contributed by atoms with Crippen molar-refractivity contribution in [2.45, 2.75) is 25.1 Å². The second-order valence-electron chi connectivity index (χ2n) is 9.09. The molecule has 0 aliphatic carbocycles. The first-order valence-corrected chi connectivity index (χ1v) is 13.1. The first-order chi connectivity index (χ1) is 18.3. The predicted molar refractivity (Wildman–Crippen MR) is 139 cm³/mol. The minimum atomic E-state index is -4.73. The maximum atomic E-state index is 13.6. The SMILES string of the molecule is O=C(O)c1sccc1Nc1nc(Nc2ccc(N3CCC(N4CCOCC4)CC3)cc2)ncc1C(F)(F)F. The number of hydrogen-bond donors (Lipinski definition) is 3. The van der Waals surface area contributed by atoms with Crippen LogP contribution in [-0.2, 0) is 10.9 Å². The number of ether oxygens (including phenoxy) is 1. The number of benzene rings is 1. The number of rotatable bonds is 7. The molecular formula is C25H27F3N6O3S. The van der Waals surface area contributed by atoms with Gasteiger partial charge in [0.2, 0.25) is 5.95 Å². The minimum absolute atomic E-state index is 0.0272. The maximum absolute atomic E-state index is 13.6. The topological polar surface area (TPSA) is 103 Å². The normalized spacial score (nSPS) is 17.4. The van der Waals surface area contributed by atoms with E-state index in [0.717, 1.165) is 69.3 Å². The maximum Gasteiger partial charge on any atom is 0.421 e. The van der Waals surface area contributed by atoms with Crippen LogP contribution in [0, 0.1) is 0 Å². The Hall–Kier alpha value is -3.42. The van der Waals surface area contributed by atoms with Crippen LogP contribution in [0.4, 0.5) is 42.0 Å². The van der Waals surface area contributed by atoms with E-state index in [0.29, 0.717) is 17.9 Å². The molecule has 202 valence electrons. The lowest BCUT2D eigenvalue weighted by molar-refractivity contribution is -0.137. The van der Waals surface area contributed by atoms with E-state index in [1.54, 1.807) is 0 Å². The number of thiophene rings is 1. The van der Waals surface area contributed by atoms with Crippen molar-refractivity contribution < 1.29 is 27.8 Å². The Labute approximate surface area is 221 Å². The summed E-state index contributed by atoms with van der Waals surface area (Å²) in [4.78, 5) is 24.0. The minimum Gasteiger partial charge on any atom is -0.477 e. The molecule has 2 fully saturated rings. The highest BCUT2D eigenvalue weighted by molar-refractivity contribution is 7.12. The summed E-state index contributed by atoms with van der Waals surface area (Å²) in [5.41, 5.74) is 0.621. The number of morpholine rings is 1. The molecular weight excluding hydrogens is 521 g/mol. The highest BCUT2D eigenvalue weighted by Crippen LogP contribution is 2.36. The summed E-state index contributed by atoms with van der Waals surface area (Å²) in [6, 6.07) is 9.57. The van der Waals surface area contributed by atoms with Crippen LogP contribution in [0.5, 0.6) is 0 Å². The van der Waals surface area contributed by atoms with E-state index >= 15 is 0 Å². The number of piperidine rings is 1. The van der Waals surface area contributed by atoms with E-state index in [1.165, 1.54) is 11.4 Å². The molecule has 0 amide bonds. The van der Waals surface area contributed by atoms with Crippen molar-refractivity contribution in [3.8, 4) is 0 Å². The number of hydrogen-bond acceptors (Lipinski definition) is 9. The van der Waals surface area contributed by atoms with Gasteiger partial charge < -0.3 is 25.4 Å². The van der Waals surface area contributed by atoms with Crippen molar-refractivity contribution in [1.29, 1.82) is 0 Å². The molecule has 9 nitrogen and oxygen atoms in total. The Bertz CT molecular complexity index is 1260. The molecule has 13 heteroatoms. The summed E-state index contributed by atoms with van der Waals surface area (Å²) in [5, 5.41) is 16.2. The third kappa shape index (κ3) is 6.00. The molecule has 0 unspecified atom stereocenters. The van der Waals surface area contributed by atoms with E-state index < -0.39 is 23.5 Å². The number of carbonyl (C=O) groups is 1. The second-order valence-corrected chi connectivity index (χ2v) is 10.0. The number of nitrogens with one attached hydrogen (secondary N) is 2. The van der Waals surface area contributed by atoms with Gasteiger partial charge in [-0.05, 0) is 48.6 Å². The molecule has 0 atom stereocenters. The summed E-state index contributed by atoms with van der Waals surface area (Å²) in [6.45, 7) is 5.47. The van der Waals surface area contributed by atoms with E-state index in [9.17, 15) is 23.1 Å². The fraction of sp³-hybridized carbons (Fsp3) is 0.400. The van der Waals surface area contributed by atoms with Crippen LogP contribution in [0.25, 0.3) is 0 Å². The highest BCUT2D eigenvalue weighted by Gasteiger charge is 2.36.